The second-order valence-corrected chi connectivity index (χ2v) is 11.3. The third kappa shape index (κ3) is 5.36. The Bertz CT molecular complexity index is 803. The maximum atomic E-state index is 5.17. The lowest BCUT2D eigenvalue weighted by Crippen LogP contribution is -2.16. The van der Waals surface area contributed by atoms with E-state index >= 15 is 0 Å². The highest BCUT2D eigenvalue weighted by Crippen LogP contribution is 2.13. The van der Waals surface area contributed by atoms with Crippen LogP contribution in [0.5, 0.6) is 5.75 Å². The summed E-state index contributed by atoms with van der Waals surface area (Å²) in [4.78, 5) is 0. The molecule has 0 aliphatic carbocycles. The van der Waals surface area contributed by atoms with Gasteiger partial charge < -0.3 is 4.74 Å². The molecule has 23 heavy (non-hydrogen) atoms. The molecule has 0 N–H and O–H groups in total. The summed E-state index contributed by atoms with van der Waals surface area (Å²) in [5.41, 5.74) is 7.59. The van der Waals surface area contributed by atoms with E-state index in [1.165, 1.54) is 5.56 Å². The zero-order chi connectivity index (χ0) is 16.9. The fourth-order valence-electron chi connectivity index (χ4n) is 1.94. The molecule has 0 spiro atoms. The molecule has 0 heterocycles. The molecule has 0 aromatic heterocycles. The highest BCUT2D eigenvalue weighted by molar-refractivity contribution is 6.83. The van der Waals surface area contributed by atoms with Crippen molar-refractivity contribution in [3.05, 3.63) is 64.7 Å². The van der Waals surface area contributed by atoms with Crippen molar-refractivity contribution in [2.24, 2.45) is 0 Å². The number of methoxy groups -OCH3 is 1. The number of hydrogen-bond donors (Lipinski definition) is 0. The van der Waals surface area contributed by atoms with Crippen LogP contribution < -0.4 is 4.74 Å². The molecule has 2 aromatic carbocycles. The molecular weight excluding hydrogens is 296 g/mol. The minimum atomic E-state index is -1.40. The third-order valence-corrected chi connectivity index (χ3v) is 4.05. The molecule has 0 radical (unpaired) electrons. The maximum absolute atomic E-state index is 5.17. The maximum Gasteiger partial charge on any atom is 0.129 e. The summed E-state index contributed by atoms with van der Waals surface area (Å²) < 4.78 is 5.17. The summed E-state index contributed by atoms with van der Waals surface area (Å²) in [7, 11) is 0.266. The molecule has 0 saturated heterocycles. The number of benzene rings is 2. The van der Waals surface area contributed by atoms with Crippen LogP contribution in [0.1, 0.15) is 22.3 Å². The van der Waals surface area contributed by atoms with Crippen LogP contribution in [0.4, 0.5) is 0 Å². The SMILES string of the molecule is COc1ccc(C#Cc2cc(C)ccc2C#C[Si](C)(C)C)cc1. The first-order valence-electron chi connectivity index (χ1n) is 7.67. The highest BCUT2D eigenvalue weighted by atomic mass is 28.3. The van der Waals surface area contributed by atoms with Gasteiger partial charge in [0, 0.05) is 16.7 Å². The number of rotatable bonds is 1. The fourth-order valence-corrected chi connectivity index (χ4v) is 2.45. The Labute approximate surface area is 140 Å². The van der Waals surface area contributed by atoms with Crippen molar-refractivity contribution in [2.45, 2.75) is 26.6 Å². The van der Waals surface area contributed by atoms with Crippen LogP contribution in [-0.2, 0) is 0 Å². The number of hydrogen-bond acceptors (Lipinski definition) is 1. The predicted molar refractivity (Wildman–Crippen MR) is 100 cm³/mol. The van der Waals surface area contributed by atoms with E-state index in [2.05, 4.69) is 68.1 Å². The quantitative estimate of drug-likeness (QED) is 0.550. The van der Waals surface area contributed by atoms with Crippen molar-refractivity contribution in [3.8, 4) is 29.1 Å². The van der Waals surface area contributed by atoms with E-state index in [-0.39, 0.29) is 0 Å². The van der Waals surface area contributed by atoms with Gasteiger partial charge in [-0.15, -0.1) is 5.54 Å². The molecule has 0 saturated carbocycles. The summed E-state index contributed by atoms with van der Waals surface area (Å²) in [6.45, 7) is 8.82. The minimum absolute atomic E-state index is 0.841. The molecule has 0 bridgehead atoms. The van der Waals surface area contributed by atoms with Crippen LogP contribution in [-0.4, -0.2) is 15.2 Å². The monoisotopic (exact) mass is 318 g/mol. The van der Waals surface area contributed by atoms with Gasteiger partial charge in [-0.1, -0.05) is 43.5 Å². The molecular formula is C21H22OSi. The zero-order valence-corrected chi connectivity index (χ0v) is 15.4. The molecule has 116 valence electrons. The summed E-state index contributed by atoms with van der Waals surface area (Å²) in [5.74, 6) is 10.6. The lowest BCUT2D eigenvalue weighted by atomic mass is 10.0. The van der Waals surface area contributed by atoms with Gasteiger partial charge in [0.2, 0.25) is 0 Å². The predicted octanol–water partition coefficient (Wildman–Crippen LogP) is 4.63. The Morgan fingerprint density at radius 2 is 1.52 bits per heavy atom. The second-order valence-electron chi connectivity index (χ2n) is 6.53. The van der Waals surface area contributed by atoms with Crippen molar-refractivity contribution in [2.75, 3.05) is 7.11 Å². The molecule has 0 aliphatic rings. The molecule has 0 aliphatic heterocycles. The first-order chi connectivity index (χ1) is 10.9. The normalized spacial score (nSPS) is 10.1. The molecule has 0 amide bonds. The van der Waals surface area contributed by atoms with Gasteiger partial charge in [0.25, 0.3) is 0 Å². The van der Waals surface area contributed by atoms with Crippen molar-refractivity contribution >= 4 is 8.07 Å². The van der Waals surface area contributed by atoms with Gasteiger partial charge in [0.1, 0.15) is 13.8 Å². The molecule has 2 rings (SSSR count). The summed E-state index contributed by atoms with van der Waals surface area (Å²) in [6.07, 6.45) is 0. The van der Waals surface area contributed by atoms with Crippen molar-refractivity contribution in [1.82, 2.24) is 0 Å². The van der Waals surface area contributed by atoms with Gasteiger partial charge in [-0.3, -0.25) is 0 Å². The molecule has 0 atom stereocenters. The third-order valence-electron chi connectivity index (χ3n) is 3.18. The standard InChI is InChI=1S/C21H22OSi/c1-17-6-10-19(14-15-23(3,4)5)20(16-17)11-7-18-8-12-21(22-2)13-9-18/h6,8-10,12-13,16H,1-5H3. The van der Waals surface area contributed by atoms with Gasteiger partial charge in [-0.05, 0) is 48.9 Å². The van der Waals surface area contributed by atoms with E-state index in [9.17, 15) is 0 Å². The van der Waals surface area contributed by atoms with Crippen LogP contribution in [0, 0.1) is 30.2 Å². The average Bonchev–Trinajstić information content (AvgIpc) is 2.51. The van der Waals surface area contributed by atoms with Crippen LogP contribution in [0.25, 0.3) is 0 Å². The molecule has 0 unspecified atom stereocenters. The summed E-state index contributed by atoms with van der Waals surface area (Å²) in [5, 5.41) is 0. The number of ether oxygens (including phenoxy) is 1. The smallest absolute Gasteiger partial charge is 0.129 e. The van der Waals surface area contributed by atoms with Crippen LogP contribution in [0.3, 0.4) is 0 Å². The van der Waals surface area contributed by atoms with Crippen molar-refractivity contribution < 1.29 is 4.74 Å². The summed E-state index contributed by atoms with van der Waals surface area (Å²) in [6, 6.07) is 14.0. The van der Waals surface area contributed by atoms with Crippen molar-refractivity contribution in [3.63, 3.8) is 0 Å². The van der Waals surface area contributed by atoms with Gasteiger partial charge in [0.05, 0.1) is 7.11 Å². The van der Waals surface area contributed by atoms with Gasteiger partial charge in [0.15, 0.2) is 0 Å². The average molecular weight is 318 g/mol. The molecule has 0 fully saturated rings. The van der Waals surface area contributed by atoms with E-state index in [4.69, 9.17) is 4.74 Å². The van der Waals surface area contributed by atoms with Crippen LogP contribution in [0.2, 0.25) is 19.6 Å². The lowest BCUT2D eigenvalue weighted by molar-refractivity contribution is 0.415. The van der Waals surface area contributed by atoms with E-state index in [1.54, 1.807) is 7.11 Å². The first-order valence-corrected chi connectivity index (χ1v) is 11.2. The second kappa shape index (κ2) is 7.23. The Morgan fingerprint density at radius 3 is 2.13 bits per heavy atom. The minimum Gasteiger partial charge on any atom is -0.497 e. The Morgan fingerprint density at radius 1 is 0.826 bits per heavy atom. The van der Waals surface area contributed by atoms with Gasteiger partial charge in [-0.25, -0.2) is 0 Å². The van der Waals surface area contributed by atoms with Gasteiger partial charge in [-0.2, -0.15) is 0 Å². The molecule has 1 nitrogen and oxygen atoms in total. The largest absolute Gasteiger partial charge is 0.497 e. The van der Waals surface area contributed by atoms with E-state index in [0.29, 0.717) is 0 Å². The summed E-state index contributed by atoms with van der Waals surface area (Å²) >= 11 is 0. The van der Waals surface area contributed by atoms with Crippen molar-refractivity contribution in [1.29, 1.82) is 0 Å². The topological polar surface area (TPSA) is 9.23 Å². The van der Waals surface area contributed by atoms with E-state index < -0.39 is 8.07 Å². The van der Waals surface area contributed by atoms with E-state index in [0.717, 1.165) is 22.4 Å². The lowest BCUT2D eigenvalue weighted by Gasteiger charge is -2.04. The molecule has 2 aromatic rings. The Kier molecular flexibility index (Phi) is 5.32. The zero-order valence-electron chi connectivity index (χ0n) is 14.4. The first kappa shape index (κ1) is 16.9. The Balaban J connectivity index is 2.36. The fraction of sp³-hybridized carbons (Fsp3) is 0.238. The number of aryl methyl sites for hydroxylation is 1. The van der Waals surface area contributed by atoms with Crippen LogP contribution in [0.15, 0.2) is 42.5 Å². The molecule has 2 heteroatoms. The van der Waals surface area contributed by atoms with E-state index in [1.807, 2.05) is 24.3 Å². The Hall–Kier alpha value is -2.42. The highest BCUT2D eigenvalue weighted by Gasteiger charge is 2.08. The van der Waals surface area contributed by atoms with Gasteiger partial charge >= 0.3 is 0 Å². The van der Waals surface area contributed by atoms with Crippen LogP contribution >= 0.6 is 0 Å².